The van der Waals surface area contributed by atoms with E-state index in [4.69, 9.17) is 14.2 Å². The van der Waals surface area contributed by atoms with Crippen LogP contribution in [0, 0.1) is 0 Å². The van der Waals surface area contributed by atoms with E-state index >= 15 is 0 Å². The number of hydrogen-bond acceptors (Lipinski definition) is 4. The van der Waals surface area contributed by atoms with Crippen molar-refractivity contribution in [3.05, 3.63) is 0 Å². The van der Waals surface area contributed by atoms with Gasteiger partial charge in [0, 0.05) is 6.42 Å². The second-order valence-corrected chi connectivity index (χ2v) is 4.75. The van der Waals surface area contributed by atoms with Gasteiger partial charge in [-0.15, -0.1) is 0 Å². The fraction of sp³-hybridized carbons (Fsp3) is 0.929. The molecule has 0 N–H and O–H groups in total. The van der Waals surface area contributed by atoms with Crippen molar-refractivity contribution >= 4 is 5.97 Å². The topological polar surface area (TPSA) is 44.8 Å². The van der Waals surface area contributed by atoms with Crippen LogP contribution in [-0.2, 0) is 19.0 Å². The quantitative estimate of drug-likeness (QED) is 0.471. The van der Waals surface area contributed by atoms with Gasteiger partial charge in [-0.2, -0.15) is 0 Å². The standard InChI is InChI=1S/C14H26O4/c1-3-5-6-7-8-9-14(17-10-11-18-14)12-13(15)16-4-2/h3-12H2,1-2H3. The highest BCUT2D eigenvalue weighted by atomic mass is 16.7. The van der Waals surface area contributed by atoms with Gasteiger partial charge in [-0.1, -0.05) is 32.6 Å². The molecule has 1 rings (SSSR count). The lowest BCUT2D eigenvalue weighted by molar-refractivity contribution is -0.185. The number of hydrogen-bond donors (Lipinski definition) is 0. The van der Waals surface area contributed by atoms with Gasteiger partial charge >= 0.3 is 5.97 Å². The molecule has 0 aliphatic carbocycles. The van der Waals surface area contributed by atoms with E-state index in [9.17, 15) is 4.79 Å². The fourth-order valence-corrected chi connectivity index (χ4v) is 2.26. The predicted octanol–water partition coefficient (Wildman–Crippen LogP) is 3.04. The van der Waals surface area contributed by atoms with Crippen molar-refractivity contribution in [3.63, 3.8) is 0 Å². The van der Waals surface area contributed by atoms with Crippen LogP contribution in [0.25, 0.3) is 0 Å². The van der Waals surface area contributed by atoms with Crippen molar-refractivity contribution in [1.29, 1.82) is 0 Å². The molecule has 1 saturated heterocycles. The fourth-order valence-electron chi connectivity index (χ4n) is 2.26. The lowest BCUT2D eigenvalue weighted by Crippen LogP contribution is -2.33. The first-order valence-corrected chi connectivity index (χ1v) is 7.16. The molecule has 4 nitrogen and oxygen atoms in total. The molecule has 0 aromatic rings. The molecule has 0 atom stereocenters. The Morgan fingerprint density at radius 1 is 1.11 bits per heavy atom. The zero-order valence-electron chi connectivity index (χ0n) is 11.7. The van der Waals surface area contributed by atoms with Crippen LogP contribution in [0.4, 0.5) is 0 Å². The lowest BCUT2D eigenvalue weighted by Gasteiger charge is -2.26. The molecule has 0 saturated carbocycles. The molecular weight excluding hydrogens is 232 g/mol. The monoisotopic (exact) mass is 258 g/mol. The van der Waals surface area contributed by atoms with Gasteiger partial charge in [-0.3, -0.25) is 4.79 Å². The molecule has 18 heavy (non-hydrogen) atoms. The lowest BCUT2D eigenvalue weighted by atomic mass is 10.0. The minimum Gasteiger partial charge on any atom is -0.466 e. The molecule has 106 valence electrons. The first kappa shape index (κ1) is 15.4. The van der Waals surface area contributed by atoms with Crippen LogP contribution in [0.1, 0.15) is 58.8 Å². The summed E-state index contributed by atoms with van der Waals surface area (Å²) in [5.41, 5.74) is 0. The largest absolute Gasteiger partial charge is 0.466 e. The summed E-state index contributed by atoms with van der Waals surface area (Å²) in [5.74, 6) is -0.939. The van der Waals surface area contributed by atoms with Crippen LogP contribution < -0.4 is 0 Å². The van der Waals surface area contributed by atoms with Gasteiger partial charge < -0.3 is 14.2 Å². The molecule has 0 amide bonds. The molecule has 4 heteroatoms. The first-order chi connectivity index (χ1) is 8.72. The second-order valence-electron chi connectivity index (χ2n) is 4.75. The number of carbonyl (C=O) groups is 1. The summed E-state index contributed by atoms with van der Waals surface area (Å²) < 4.78 is 16.3. The average Bonchev–Trinajstić information content (AvgIpc) is 2.78. The Bertz CT molecular complexity index is 234. The highest BCUT2D eigenvalue weighted by Gasteiger charge is 2.38. The van der Waals surface area contributed by atoms with E-state index in [2.05, 4.69) is 6.92 Å². The summed E-state index contributed by atoms with van der Waals surface area (Å²) in [6, 6.07) is 0. The van der Waals surface area contributed by atoms with E-state index < -0.39 is 5.79 Å². The molecule has 1 aliphatic heterocycles. The highest BCUT2D eigenvalue weighted by Crippen LogP contribution is 2.30. The molecule has 0 aromatic carbocycles. The number of ether oxygens (including phenoxy) is 3. The van der Waals surface area contributed by atoms with Crippen LogP contribution in [0.3, 0.4) is 0 Å². The van der Waals surface area contributed by atoms with E-state index in [-0.39, 0.29) is 12.4 Å². The van der Waals surface area contributed by atoms with E-state index in [0.29, 0.717) is 19.8 Å². The third-order valence-electron chi connectivity index (χ3n) is 3.19. The second kappa shape index (κ2) is 8.48. The maximum atomic E-state index is 11.6. The molecule has 0 radical (unpaired) electrons. The summed E-state index contributed by atoms with van der Waals surface area (Å²) in [6.07, 6.45) is 6.97. The third-order valence-corrected chi connectivity index (χ3v) is 3.19. The normalized spacial score (nSPS) is 17.9. The zero-order valence-corrected chi connectivity index (χ0v) is 11.7. The molecule has 0 bridgehead atoms. The van der Waals surface area contributed by atoms with Gasteiger partial charge in [0.2, 0.25) is 0 Å². The number of rotatable bonds is 9. The Balaban J connectivity index is 2.31. The maximum absolute atomic E-state index is 11.6. The summed E-state index contributed by atoms with van der Waals surface area (Å²) in [7, 11) is 0. The summed E-state index contributed by atoms with van der Waals surface area (Å²) in [4.78, 5) is 11.6. The minimum atomic E-state index is -0.710. The molecule has 1 aliphatic rings. The SMILES string of the molecule is CCCCCCCC1(CC(=O)OCC)OCCO1. The molecule has 1 heterocycles. The van der Waals surface area contributed by atoms with Crippen molar-refractivity contribution in [1.82, 2.24) is 0 Å². The van der Waals surface area contributed by atoms with Gasteiger partial charge in [-0.25, -0.2) is 0 Å². The summed E-state index contributed by atoms with van der Waals surface area (Å²) in [5, 5.41) is 0. The Morgan fingerprint density at radius 2 is 1.78 bits per heavy atom. The van der Waals surface area contributed by atoms with E-state index in [1.807, 2.05) is 6.92 Å². The van der Waals surface area contributed by atoms with E-state index in [0.717, 1.165) is 12.8 Å². The van der Waals surface area contributed by atoms with Crippen LogP contribution in [0.5, 0.6) is 0 Å². The van der Waals surface area contributed by atoms with E-state index in [1.54, 1.807) is 0 Å². The molecular formula is C14H26O4. The molecule has 0 spiro atoms. The van der Waals surface area contributed by atoms with Gasteiger partial charge in [0.15, 0.2) is 5.79 Å². The van der Waals surface area contributed by atoms with Crippen molar-refractivity contribution in [2.75, 3.05) is 19.8 Å². The van der Waals surface area contributed by atoms with Crippen molar-refractivity contribution in [3.8, 4) is 0 Å². The maximum Gasteiger partial charge on any atom is 0.311 e. The summed E-state index contributed by atoms with van der Waals surface area (Å²) >= 11 is 0. The van der Waals surface area contributed by atoms with Crippen molar-refractivity contribution in [2.24, 2.45) is 0 Å². The predicted molar refractivity (Wildman–Crippen MR) is 69.3 cm³/mol. The Morgan fingerprint density at radius 3 is 2.39 bits per heavy atom. The highest BCUT2D eigenvalue weighted by molar-refractivity contribution is 5.70. The first-order valence-electron chi connectivity index (χ1n) is 7.16. The average molecular weight is 258 g/mol. The van der Waals surface area contributed by atoms with Crippen LogP contribution in [-0.4, -0.2) is 31.6 Å². The van der Waals surface area contributed by atoms with Crippen molar-refractivity contribution < 1.29 is 19.0 Å². The van der Waals surface area contributed by atoms with Crippen molar-refractivity contribution in [2.45, 2.75) is 64.6 Å². The third kappa shape index (κ3) is 5.36. The van der Waals surface area contributed by atoms with Crippen LogP contribution in [0.15, 0.2) is 0 Å². The number of unbranched alkanes of at least 4 members (excludes halogenated alkanes) is 4. The van der Waals surface area contributed by atoms with Gasteiger partial charge in [0.1, 0.15) is 0 Å². The smallest absolute Gasteiger partial charge is 0.311 e. The minimum absolute atomic E-state index is 0.217. The molecule has 1 fully saturated rings. The summed E-state index contributed by atoms with van der Waals surface area (Å²) in [6.45, 7) is 5.57. The van der Waals surface area contributed by atoms with Gasteiger partial charge in [0.05, 0.1) is 26.2 Å². The van der Waals surface area contributed by atoms with Gasteiger partial charge in [-0.05, 0) is 13.3 Å². The Labute approximate surface area is 110 Å². The van der Waals surface area contributed by atoms with E-state index in [1.165, 1.54) is 25.7 Å². The molecule has 0 aromatic heterocycles. The number of esters is 1. The Kier molecular flexibility index (Phi) is 7.28. The number of carbonyl (C=O) groups excluding carboxylic acids is 1. The zero-order chi connectivity index (χ0) is 13.3. The van der Waals surface area contributed by atoms with Gasteiger partial charge in [0.25, 0.3) is 0 Å². The van der Waals surface area contributed by atoms with Crippen LogP contribution >= 0.6 is 0 Å². The molecule has 0 unspecified atom stereocenters. The van der Waals surface area contributed by atoms with Crippen LogP contribution in [0.2, 0.25) is 0 Å². The Hall–Kier alpha value is -0.610.